The van der Waals surface area contributed by atoms with Crippen molar-refractivity contribution in [1.82, 2.24) is 0 Å². The van der Waals surface area contributed by atoms with Gasteiger partial charge < -0.3 is 0 Å². The Bertz CT molecular complexity index is 75.8. The molecule has 0 fully saturated rings. The molecule has 0 aromatic heterocycles. The molecule has 0 unspecified atom stereocenters. The van der Waals surface area contributed by atoms with Crippen molar-refractivity contribution in [3.05, 3.63) is 0 Å². The topological polar surface area (TPSA) is 66.8 Å². The van der Waals surface area contributed by atoms with Crippen molar-refractivity contribution in [3.8, 4) is 0 Å². The van der Waals surface area contributed by atoms with Gasteiger partial charge in [0.05, 0.1) is 0 Å². The van der Waals surface area contributed by atoms with Crippen LogP contribution >= 0.6 is 20.2 Å². The predicted molar refractivity (Wildman–Crippen MR) is 20.4 cm³/mol. The van der Waals surface area contributed by atoms with Gasteiger partial charge in [-0.25, -0.2) is 0 Å². The van der Waals surface area contributed by atoms with Gasteiger partial charge in [0.15, 0.2) is 0 Å². The Balaban J connectivity index is 0. The molecule has 0 aromatic rings. The van der Waals surface area contributed by atoms with Crippen molar-refractivity contribution >= 4 is 20.2 Å². The van der Waals surface area contributed by atoms with E-state index in [0.717, 1.165) is 0 Å². The summed E-state index contributed by atoms with van der Waals surface area (Å²) < 4.78 is 12.8. The monoisotopic (exact) mass is 189 g/mol. The molecule has 4 nitrogen and oxygen atoms in total. The number of halogens is 1. The Kier molecular flexibility index (Phi) is 5.98. The summed E-state index contributed by atoms with van der Waals surface area (Å²) in [6.07, 6.45) is 0. The molecule has 2 N–H and O–H groups in total. The summed E-state index contributed by atoms with van der Waals surface area (Å²) in [5.41, 5.74) is 0. The fraction of sp³-hybridized carbons (Fsp3) is 0. The van der Waals surface area contributed by atoms with E-state index in [1.165, 1.54) is 0 Å². The SMILES string of the molecule is Cl.O=P(O)(O)[O][Fe]. The van der Waals surface area contributed by atoms with E-state index >= 15 is 0 Å². The summed E-state index contributed by atoms with van der Waals surface area (Å²) in [4.78, 5) is 15.3. The van der Waals surface area contributed by atoms with Gasteiger partial charge in [0.1, 0.15) is 0 Å². The molecule has 0 aliphatic rings. The first-order valence-corrected chi connectivity index (χ1v) is 2.89. The fourth-order valence-electron chi connectivity index (χ4n) is 0. The Hall–Kier alpha value is 0.919. The minimum absolute atomic E-state index is 0. The normalized spacial score (nSPS) is 10.1. The van der Waals surface area contributed by atoms with Gasteiger partial charge in [-0.1, -0.05) is 0 Å². The summed E-state index contributed by atoms with van der Waals surface area (Å²) in [6.45, 7) is 0. The van der Waals surface area contributed by atoms with Crippen molar-refractivity contribution < 1.29 is 34.3 Å². The number of hydrogen-bond donors (Lipinski definition) is 2. The van der Waals surface area contributed by atoms with Crippen molar-refractivity contribution in [3.63, 3.8) is 0 Å². The Morgan fingerprint density at radius 3 is 1.71 bits per heavy atom. The molecule has 0 saturated heterocycles. The number of phosphoric acid groups is 1. The van der Waals surface area contributed by atoms with Crippen LogP contribution in [-0.2, 0) is 24.5 Å². The van der Waals surface area contributed by atoms with Gasteiger partial charge in [0.25, 0.3) is 0 Å². The molecular formula is H3ClFeO4P. The minimum atomic E-state index is -4.26. The third-order valence-corrected chi connectivity index (χ3v) is 1.04. The van der Waals surface area contributed by atoms with E-state index < -0.39 is 7.82 Å². The van der Waals surface area contributed by atoms with E-state index in [-0.39, 0.29) is 12.4 Å². The molecule has 0 radical (unpaired) electrons. The first-order valence-electron chi connectivity index (χ1n) is 0.909. The molecule has 47 valence electrons. The van der Waals surface area contributed by atoms with E-state index in [4.69, 9.17) is 9.79 Å². The Labute approximate surface area is 55.0 Å². The van der Waals surface area contributed by atoms with Gasteiger partial charge in [-0.3, -0.25) is 0 Å². The van der Waals surface area contributed by atoms with Crippen LogP contribution in [0.4, 0.5) is 0 Å². The van der Waals surface area contributed by atoms with Crippen LogP contribution in [-0.4, -0.2) is 9.79 Å². The van der Waals surface area contributed by atoms with Crippen LogP contribution in [0.1, 0.15) is 0 Å². The zero-order valence-electron chi connectivity index (χ0n) is 2.92. The summed E-state index contributed by atoms with van der Waals surface area (Å²) in [6, 6.07) is 0. The molecule has 0 aliphatic heterocycles. The van der Waals surface area contributed by atoms with Gasteiger partial charge in [-0.05, 0) is 0 Å². The molecule has 0 bridgehead atoms. The third-order valence-electron chi connectivity index (χ3n) is 0.0841. The molecule has 0 rings (SSSR count). The second-order valence-corrected chi connectivity index (χ2v) is 2.27. The van der Waals surface area contributed by atoms with E-state index in [1.807, 2.05) is 0 Å². The molecule has 7 heteroatoms. The van der Waals surface area contributed by atoms with E-state index in [1.54, 1.807) is 0 Å². The van der Waals surface area contributed by atoms with Gasteiger partial charge >= 0.3 is 42.1 Å². The van der Waals surface area contributed by atoms with Crippen LogP contribution in [0.15, 0.2) is 0 Å². The maximum atomic E-state index is 9.41. The van der Waals surface area contributed by atoms with Crippen LogP contribution in [0.25, 0.3) is 0 Å². The van der Waals surface area contributed by atoms with Gasteiger partial charge in [0.2, 0.25) is 0 Å². The van der Waals surface area contributed by atoms with Gasteiger partial charge in [-0.15, -0.1) is 12.4 Å². The molecule has 0 saturated carbocycles. The first-order chi connectivity index (χ1) is 2.56. The second-order valence-electron chi connectivity index (χ2n) is 0.555. The molecular weight excluding hydrogens is 186 g/mol. The van der Waals surface area contributed by atoms with E-state index in [0.29, 0.717) is 0 Å². The van der Waals surface area contributed by atoms with Crippen LogP contribution in [0, 0.1) is 0 Å². The maximum absolute atomic E-state index is 9.41. The fourth-order valence-corrected chi connectivity index (χ4v) is 0. The number of hydrogen-bond acceptors (Lipinski definition) is 2. The van der Waals surface area contributed by atoms with Crippen molar-refractivity contribution in [2.45, 2.75) is 0 Å². The molecule has 0 spiro atoms. The molecule has 0 atom stereocenters. The average molecular weight is 189 g/mol. The second kappa shape index (κ2) is 3.87. The summed E-state index contributed by atoms with van der Waals surface area (Å²) in [5, 5.41) is 0. The van der Waals surface area contributed by atoms with Crippen LogP contribution in [0.3, 0.4) is 0 Å². The third kappa shape index (κ3) is 10.9. The van der Waals surface area contributed by atoms with Gasteiger partial charge in [-0.2, -0.15) is 0 Å². The standard InChI is InChI=1S/ClH.Fe.H3O4P/c;;1-5(2,3)4/h1H;;(H3,1,2,3,4)/q;+1;/p-1. The van der Waals surface area contributed by atoms with Crippen molar-refractivity contribution in [1.29, 1.82) is 0 Å². The first kappa shape index (κ1) is 10.8. The van der Waals surface area contributed by atoms with Crippen LogP contribution in [0.5, 0.6) is 0 Å². The average Bonchev–Trinajstić information content (AvgIpc) is 1.35. The molecule has 7 heavy (non-hydrogen) atoms. The molecule has 0 aromatic carbocycles. The van der Waals surface area contributed by atoms with E-state index in [9.17, 15) is 4.57 Å². The molecule has 0 amide bonds. The van der Waals surface area contributed by atoms with Crippen molar-refractivity contribution in [2.24, 2.45) is 0 Å². The van der Waals surface area contributed by atoms with Gasteiger partial charge in [0, 0.05) is 0 Å². The molecule has 0 heterocycles. The summed E-state index contributed by atoms with van der Waals surface area (Å²) in [7, 11) is -4.26. The zero-order chi connectivity index (χ0) is 5.21. The summed E-state index contributed by atoms with van der Waals surface area (Å²) >= 11 is 2.49. The summed E-state index contributed by atoms with van der Waals surface area (Å²) in [5.74, 6) is 0. The predicted octanol–water partition coefficient (Wildman–Crippen LogP) is -0.0207. The Morgan fingerprint density at radius 2 is 1.71 bits per heavy atom. The number of rotatable bonds is 1. The van der Waals surface area contributed by atoms with Crippen LogP contribution in [0.2, 0.25) is 0 Å². The van der Waals surface area contributed by atoms with Crippen LogP contribution < -0.4 is 0 Å². The Morgan fingerprint density at radius 1 is 1.57 bits per heavy atom. The quantitative estimate of drug-likeness (QED) is 0.449. The zero-order valence-corrected chi connectivity index (χ0v) is 5.74. The van der Waals surface area contributed by atoms with E-state index in [2.05, 4.69) is 19.9 Å². The molecule has 0 aliphatic carbocycles. The van der Waals surface area contributed by atoms with Crippen molar-refractivity contribution in [2.75, 3.05) is 0 Å².